The number of nitrogens with one attached hydrogen (secondary N) is 1. The van der Waals surface area contributed by atoms with Gasteiger partial charge in [-0.2, -0.15) is 15.0 Å². The number of aromatic nitrogens is 5. The van der Waals surface area contributed by atoms with Crippen LogP contribution in [0.1, 0.15) is 63.3 Å². The van der Waals surface area contributed by atoms with Gasteiger partial charge in [-0.15, -0.1) is 5.10 Å². The third-order valence-electron chi connectivity index (χ3n) is 6.33. The van der Waals surface area contributed by atoms with Crippen molar-refractivity contribution in [2.45, 2.75) is 65.4 Å². The first-order valence-electron chi connectivity index (χ1n) is 13.9. The zero-order chi connectivity index (χ0) is 33.8. The fourth-order valence-corrected chi connectivity index (χ4v) is 4.72. The van der Waals surface area contributed by atoms with E-state index in [0.29, 0.717) is 10.1 Å². The summed E-state index contributed by atoms with van der Waals surface area (Å²) < 4.78 is 18.2. The molecule has 15 heteroatoms. The summed E-state index contributed by atoms with van der Waals surface area (Å²) in [5, 5.41) is 20.1. The van der Waals surface area contributed by atoms with E-state index in [2.05, 4.69) is 15.3 Å². The monoisotopic (exact) mass is 668 g/mol. The lowest BCUT2D eigenvalue weighted by Crippen LogP contribution is -2.45. The molecule has 0 fully saturated rings. The molecule has 0 bridgehead atoms. The summed E-state index contributed by atoms with van der Waals surface area (Å²) in [6.07, 6.45) is 0. The minimum Gasteiger partial charge on any atom is -0.459 e. The Hall–Kier alpha value is -4.77. The highest BCUT2D eigenvalue weighted by Gasteiger charge is 2.32. The minimum atomic E-state index is -1.78. The second kappa shape index (κ2) is 14.1. The SMILES string of the molecule is CC(C)c1cc(Oc2c(Cl)cc(-n3nc(C(C#N)C(=O)OC(C)(C)C)c(=O)n(COCc4ccccc4)c3=O)cc2Cl)n[nH]c1=O. The van der Waals surface area contributed by atoms with Crippen LogP contribution in [0.15, 0.2) is 62.9 Å². The Morgan fingerprint density at radius 3 is 2.30 bits per heavy atom. The van der Waals surface area contributed by atoms with Gasteiger partial charge in [0.2, 0.25) is 5.88 Å². The molecule has 0 spiro atoms. The lowest BCUT2D eigenvalue weighted by atomic mass is 10.1. The smallest absolute Gasteiger partial charge is 0.354 e. The molecule has 2 aromatic heterocycles. The van der Waals surface area contributed by atoms with Gasteiger partial charge in [-0.3, -0.25) is 14.4 Å². The highest BCUT2D eigenvalue weighted by molar-refractivity contribution is 6.37. The van der Waals surface area contributed by atoms with Crippen LogP contribution in [0, 0.1) is 11.3 Å². The quantitative estimate of drug-likeness (QED) is 0.231. The van der Waals surface area contributed by atoms with Crippen molar-refractivity contribution < 1.29 is 19.0 Å². The Bertz CT molecular complexity index is 1950. The van der Waals surface area contributed by atoms with E-state index in [1.807, 2.05) is 19.9 Å². The van der Waals surface area contributed by atoms with E-state index in [-0.39, 0.29) is 45.4 Å². The average molecular weight is 670 g/mol. The third-order valence-corrected chi connectivity index (χ3v) is 6.89. The number of hydrogen-bond acceptors (Lipinski definition) is 10. The van der Waals surface area contributed by atoms with Gasteiger partial charge in [-0.05, 0) is 44.4 Å². The summed E-state index contributed by atoms with van der Waals surface area (Å²) in [4.78, 5) is 52.2. The van der Waals surface area contributed by atoms with Crippen LogP contribution in [0.3, 0.4) is 0 Å². The van der Waals surface area contributed by atoms with Crippen molar-refractivity contribution in [3.63, 3.8) is 0 Å². The predicted molar refractivity (Wildman–Crippen MR) is 169 cm³/mol. The molecule has 0 saturated heterocycles. The topological polar surface area (TPSA) is 171 Å². The highest BCUT2D eigenvalue weighted by Crippen LogP contribution is 2.37. The number of hydrogen-bond donors (Lipinski definition) is 1. The Labute approximate surface area is 272 Å². The fraction of sp³-hybridized carbons (Fsp3) is 0.323. The minimum absolute atomic E-state index is 0.00997. The van der Waals surface area contributed by atoms with Crippen LogP contribution in [-0.4, -0.2) is 36.1 Å². The molecule has 0 aliphatic heterocycles. The van der Waals surface area contributed by atoms with E-state index >= 15 is 0 Å². The molecule has 13 nitrogen and oxygen atoms in total. The first-order valence-corrected chi connectivity index (χ1v) is 14.7. The molecule has 0 aliphatic carbocycles. The van der Waals surface area contributed by atoms with E-state index in [1.165, 1.54) is 18.2 Å². The van der Waals surface area contributed by atoms with Crippen molar-refractivity contribution in [1.82, 2.24) is 24.5 Å². The number of carbonyl (C=O) groups excluding carboxylic acids is 1. The maximum absolute atomic E-state index is 13.6. The predicted octanol–water partition coefficient (Wildman–Crippen LogP) is 4.82. The van der Waals surface area contributed by atoms with Crippen LogP contribution >= 0.6 is 23.2 Å². The van der Waals surface area contributed by atoms with Crippen molar-refractivity contribution in [1.29, 1.82) is 5.26 Å². The Morgan fingerprint density at radius 2 is 1.72 bits per heavy atom. The zero-order valence-electron chi connectivity index (χ0n) is 25.5. The number of nitriles is 1. The second-order valence-corrected chi connectivity index (χ2v) is 12.2. The van der Waals surface area contributed by atoms with E-state index in [1.54, 1.807) is 51.1 Å². The van der Waals surface area contributed by atoms with Gasteiger partial charge < -0.3 is 14.2 Å². The van der Waals surface area contributed by atoms with Crippen LogP contribution in [0.25, 0.3) is 5.69 Å². The maximum atomic E-state index is 13.6. The first kappa shape index (κ1) is 34.1. The molecule has 2 heterocycles. The number of esters is 1. The van der Waals surface area contributed by atoms with Crippen LogP contribution in [-0.2, 0) is 27.6 Å². The van der Waals surface area contributed by atoms with E-state index in [9.17, 15) is 24.4 Å². The number of aromatic amines is 1. The van der Waals surface area contributed by atoms with Gasteiger partial charge in [0.15, 0.2) is 17.4 Å². The van der Waals surface area contributed by atoms with Crippen LogP contribution < -0.4 is 21.5 Å². The van der Waals surface area contributed by atoms with Crippen LogP contribution in [0.2, 0.25) is 10.0 Å². The number of carbonyl (C=O) groups is 1. The maximum Gasteiger partial charge on any atom is 0.354 e. The van der Waals surface area contributed by atoms with E-state index < -0.39 is 41.2 Å². The molecule has 1 unspecified atom stereocenters. The Kier molecular flexibility index (Phi) is 10.5. The van der Waals surface area contributed by atoms with Crippen molar-refractivity contribution in [3.8, 4) is 23.4 Å². The van der Waals surface area contributed by atoms with Crippen LogP contribution in [0.5, 0.6) is 11.6 Å². The Morgan fingerprint density at radius 1 is 1.07 bits per heavy atom. The number of benzene rings is 2. The molecular weight excluding hydrogens is 639 g/mol. The first-order chi connectivity index (χ1) is 21.7. The molecule has 2 aromatic carbocycles. The van der Waals surface area contributed by atoms with Gasteiger partial charge in [0.05, 0.1) is 28.4 Å². The molecule has 0 amide bonds. The third kappa shape index (κ3) is 7.89. The van der Waals surface area contributed by atoms with Crippen LogP contribution in [0.4, 0.5) is 0 Å². The van der Waals surface area contributed by atoms with E-state index in [4.69, 9.17) is 37.4 Å². The highest BCUT2D eigenvalue weighted by atomic mass is 35.5. The fourth-order valence-electron chi connectivity index (χ4n) is 4.16. The molecule has 0 saturated carbocycles. The van der Waals surface area contributed by atoms with Crippen molar-refractivity contribution in [2.24, 2.45) is 0 Å². The summed E-state index contributed by atoms with van der Waals surface area (Å²) in [6, 6.07) is 14.8. The van der Waals surface area contributed by atoms with Crippen molar-refractivity contribution in [2.75, 3.05) is 0 Å². The van der Waals surface area contributed by atoms with Gasteiger partial charge in [0, 0.05) is 11.6 Å². The lowest BCUT2D eigenvalue weighted by molar-refractivity contribution is -0.155. The van der Waals surface area contributed by atoms with Crippen molar-refractivity contribution in [3.05, 3.63) is 107 Å². The van der Waals surface area contributed by atoms with Gasteiger partial charge in [-0.25, -0.2) is 14.5 Å². The number of rotatable bonds is 10. The van der Waals surface area contributed by atoms with Gasteiger partial charge in [-0.1, -0.05) is 67.4 Å². The standard InChI is InChI=1S/C31H30Cl2N6O7/c1-17(2)20-13-24(35-36-27(20)40)45-26-22(32)11-19(12-23(26)33)39-30(43)38(16-44-15-18-9-7-6-8-10-18)28(41)25(37-39)21(14-34)29(42)46-31(3,4)5/h6-13,17,21H,15-16H2,1-5H3,(H,36,40). The van der Waals surface area contributed by atoms with E-state index in [0.717, 1.165) is 10.2 Å². The average Bonchev–Trinajstić information content (AvgIpc) is 2.98. The molecule has 0 radical (unpaired) electrons. The summed E-state index contributed by atoms with van der Waals surface area (Å²) >= 11 is 13.0. The summed E-state index contributed by atoms with van der Waals surface area (Å²) in [5.74, 6) is -2.97. The number of H-pyrrole nitrogens is 1. The summed E-state index contributed by atoms with van der Waals surface area (Å²) in [7, 11) is 0. The lowest BCUT2D eigenvalue weighted by Gasteiger charge is -2.21. The van der Waals surface area contributed by atoms with Gasteiger partial charge >= 0.3 is 11.7 Å². The molecule has 1 N–H and O–H groups in total. The summed E-state index contributed by atoms with van der Waals surface area (Å²) in [6.45, 7) is 7.98. The zero-order valence-corrected chi connectivity index (χ0v) is 27.0. The largest absolute Gasteiger partial charge is 0.459 e. The van der Waals surface area contributed by atoms with Crippen molar-refractivity contribution >= 4 is 29.2 Å². The summed E-state index contributed by atoms with van der Waals surface area (Å²) in [5.41, 5.74) is -2.74. The van der Waals surface area contributed by atoms with Gasteiger partial charge in [0.25, 0.3) is 11.1 Å². The molecular formula is C31H30Cl2N6O7. The molecule has 1 atom stereocenters. The second-order valence-electron chi connectivity index (χ2n) is 11.4. The molecule has 240 valence electrons. The number of halogens is 2. The Balaban J connectivity index is 1.80. The molecule has 4 rings (SSSR count). The molecule has 46 heavy (non-hydrogen) atoms. The molecule has 0 aliphatic rings. The number of ether oxygens (including phenoxy) is 3. The molecule has 4 aromatic rings. The van der Waals surface area contributed by atoms with Gasteiger partial charge in [0.1, 0.15) is 12.3 Å². The normalized spacial score (nSPS) is 12.1. The number of nitrogens with zero attached hydrogens (tertiary/aromatic N) is 5.